The average molecular weight is 234 g/mol. The van der Waals surface area contributed by atoms with Crippen LogP contribution in [-0.2, 0) is 4.79 Å². The van der Waals surface area contributed by atoms with Crippen LogP contribution in [0.1, 0.15) is 6.42 Å². The van der Waals surface area contributed by atoms with Crippen LogP contribution in [0.4, 0.5) is 5.69 Å². The van der Waals surface area contributed by atoms with E-state index in [2.05, 4.69) is 17.2 Å². The van der Waals surface area contributed by atoms with E-state index >= 15 is 0 Å². The summed E-state index contributed by atoms with van der Waals surface area (Å²) in [6, 6.07) is 7.22. The molecule has 0 radical (unpaired) electrons. The average Bonchev–Trinajstić information content (AvgIpc) is 2.36. The second kappa shape index (κ2) is 7.46. The van der Waals surface area contributed by atoms with Crippen molar-refractivity contribution in [3.63, 3.8) is 0 Å². The van der Waals surface area contributed by atoms with E-state index in [-0.39, 0.29) is 5.91 Å². The minimum absolute atomic E-state index is 0.0563. The minimum Gasteiger partial charge on any atom is -0.497 e. The molecule has 1 amide bonds. The van der Waals surface area contributed by atoms with Crippen molar-refractivity contribution in [2.75, 3.05) is 25.5 Å². The van der Waals surface area contributed by atoms with Gasteiger partial charge in [-0.1, -0.05) is 6.08 Å². The molecule has 1 aromatic rings. The van der Waals surface area contributed by atoms with Gasteiger partial charge in [0.05, 0.1) is 13.7 Å². The van der Waals surface area contributed by atoms with Gasteiger partial charge in [0.15, 0.2) is 0 Å². The molecule has 4 heteroatoms. The van der Waals surface area contributed by atoms with Crippen molar-refractivity contribution in [3.05, 3.63) is 36.9 Å². The molecule has 0 aliphatic rings. The molecule has 0 saturated carbocycles. The van der Waals surface area contributed by atoms with Gasteiger partial charge in [-0.3, -0.25) is 4.79 Å². The van der Waals surface area contributed by atoms with Crippen LogP contribution in [0.5, 0.6) is 5.75 Å². The van der Waals surface area contributed by atoms with Gasteiger partial charge in [-0.25, -0.2) is 0 Å². The molecule has 1 aromatic carbocycles. The molecule has 4 nitrogen and oxygen atoms in total. The van der Waals surface area contributed by atoms with Crippen LogP contribution < -0.4 is 15.4 Å². The fourth-order valence-electron chi connectivity index (χ4n) is 1.29. The van der Waals surface area contributed by atoms with Gasteiger partial charge in [0.25, 0.3) is 0 Å². The predicted molar refractivity (Wildman–Crippen MR) is 69.3 cm³/mol. The Bertz CT molecular complexity index is 360. The van der Waals surface area contributed by atoms with Gasteiger partial charge in [0.2, 0.25) is 5.91 Å². The normalized spacial score (nSPS) is 9.71. The molecule has 92 valence electrons. The van der Waals surface area contributed by atoms with Crippen molar-refractivity contribution >= 4 is 11.6 Å². The summed E-state index contributed by atoms with van der Waals surface area (Å²) in [4.78, 5) is 11.5. The Hall–Kier alpha value is -1.81. The van der Waals surface area contributed by atoms with Crippen molar-refractivity contribution in [3.8, 4) is 5.75 Å². The molecule has 0 atom stereocenters. The number of ether oxygens (including phenoxy) is 1. The molecule has 0 heterocycles. The summed E-state index contributed by atoms with van der Waals surface area (Å²) in [6.07, 6.45) is 2.67. The first-order valence-electron chi connectivity index (χ1n) is 5.52. The zero-order valence-corrected chi connectivity index (χ0v) is 10.0. The number of carbonyl (C=O) groups excluding carboxylic acids is 1. The number of benzene rings is 1. The van der Waals surface area contributed by atoms with Gasteiger partial charge < -0.3 is 15.4 Å². The molecule has 17 heavy (non-hydrogen) atoms. The number of hydrogen-bond donors (Lipinski definition) is 2. The van der Waals surface area contributed by atoms with E-state index in [0.717, 1.165) is 24.4 Å². The number of nitrogens with one attached hydrogen (secondary N) is 2. The predicted octanol–water partition coefficient (Wildman–Crippen LogP) is 1.80. The van der Waals surface area contributed by atoms with E-state index in [4.69, 9.17) is 4.74 Å². The smallest absolute Gasteiger partial charge is 0.238 e. The van der Waals surface area contributed by atoms with Crippen molar-refractivity contribution < 1.29 is 9.53 Å². The SMILES string of the molecule is C=CCCNCC(=O)Nc1ccc(OC)cc1. The second-order valence-corrected chi connectivity index (χ2v) is 3.53. The molecule has 2 N–H and O–H groups in total. The fraction of sp³-hybridized carbons (Fsp3) is 0.308. The molecule has 0 bridgehead atoms. The highest BCUT2D eigenvalue weighted by Gasteiger charge is 2.01. The summed E-state index contributed by atoms with van der Waals surface area (Å²) in [5.74, 6) is 0.714. The van der Waals surface area contributed by atoms with Crippen LogP contribution in [-0.4, -0.2) is 26.1 Å². The first kappa shape index (κ1) is 13.3. The van der Waals surface area contributed by atoms with Crippen LogP contribution in [0.2, 0.25) is 0 Å². The standard InChI is InChI=1S/C13H18N2O2/c1-3-4-9-14-10-13(16)15-11-5-7-12(17-2)8-6-11/h3,5-8,14H,1,4,9-10H2,2H3,(H,15,16). The lowest BCUT2D eigenvalue weighted by Crippen LogP contribution is -2.28. The molecule has 0 aliphatic heterocycles. The number of amides is 1. The van der Waals surface area contributed by atoms with E-state index in [1.54, 1.807) is 31.4 Å². The van der Waals surface area contributed by atoms with Gasteiger partial charge in [0, 0.05) is 5.69 Å². The van der Waals surface area contributed by atoms with Gasteiger partial charge >= 0.3 is 0 Å². The monoisotopic (exact) mass is 234 g/mol. The van der Waals surface area contributed by atoms with Crippen LogP contribution in [0.25, 0.3) is 0 Å². The van der Waals surface area contributed by atoms with Gasteiger partial charge in [0.1, 0.15) is 5.75 Å². The Morgan fingerprint density at radius 1 is 1.41 bits per heavy atom. The molecule has 0 aliphatic carbocycles. The third kappa shape index (κ3) is 5.17. The summed E-state index contributed by atoms with van der Waals surface area (Å²) in [5.41, 5.74) is 0.765. The van der Waals surface area contributed by atoms with E-state index in [0.29, 0.717) is 6.54 Å². The van der Waals surface area contributed by atoms with Crippen LogP contribution in [0, 0.1) is 0 Å². The van der Waals surface area contributed by atoms with Crippen molar-refractivity contribution in [1.29, 1.82) is 0 Å². The summed E-state index contributed by atoms with van der Waals surface area (Å²) in [6.45, 7) is 4.68. The highest BCUT2D eigenvalue weighted by molar-refractivity contribution is 5.92. The molecule has 0 spiro atoms. The Labute approximate surface area is 102 Å². The lowest BCUT2D eigenvalue weighted by Gasteiger charge is -2.06. The highest BCUT2D eigenvalue weighted by Crippen LogP contribution is 2.14. The number of rotatable bonds is 7. The largest absolute Gasteiger partial charge is 0.497 e. The summed E-state index contributed by atoms with van der Waals surface area (Å²) >= 11 is 0. The molecule has 0 unspecified atom stereocenters. The highest BCUT2D eigenvalue weighted by atomic mass is 16.5. The van der Waals surface area contributed by atoms with Crippen LogP contribution >= 0.6 is 0 Å². The second-order valence-electron chi connectivity index (χ2n) is 3.53. The van der Waals surface area contributed by atoms with E-state index in [9.17, 15) is 4.79 Å². The Kier molecular flexibility index (Phi) is 5.82. The molecular weight excluding hydrogens is 216 g/mol. The molecule has 0 saturated heterocycles. The Balaban J connectivity index is 2.31. The third-order valence-corrected chi connectivity index (χ3v) is 2.18. The van der Waals surface area contributed by atoms with E-state index < -0.39 is 0 Å². The number of carbonyl (C=O) groups is 1. The van der Waals surface area contributed by atoms with Gasteiger partial charge in [-0.15, -0.1) is 6.58 Å². The maximum absolute atomic E-state index is 11.5. The summed E-state index contributed by atoms with van der Waals surface area (Å²) in [5, 5.41) is 5.81. The van der Waals surface area contributed by atoms with E-state index in [1.807, 2.05) is 6.08 Å². The van der Waals surface area contributed by atoms with Crippen molar-refractivity contribution in [2.45, 2.75) is 6.42 Å². The summed E-state index contributed by atoms with van der Waals surface area (Å²) in [7, 11) is 1.61. The van der Waals surface area contributed by atoms with Crippen molar-refractivity contribution in [2.24, 2.45) is 0 Å². The van der Waals surface area contributed by atoms with Crippen molar-refractivity contribution in [1.82, 2.24) is 5.32 Å². The topological polar surface area (TPSA) is 50.4 Å². The van der Waals surface area contributed by atoms with E-state index in [1.165, 1.54) is 0 Å². The molecule has 0 aromatic heterocycles. The first-order chi connectivity index (χ1) is 8.26. The first-order valence-corrected chi connectivity index (χ1v) is 5.52. The number of anilines is 1. The lowest BCUT2D eigenvalue weighted by atomic mass is 10.3. The van der Waals surface area contributed by atoms with Crippen LogP contribution in [0.3, 0.4) is 0 Å². The Morgan fingerprint density at radius 3 is 2.71 bits per heavy atom. The Morgan fingerprint density at radius 2 is 2.12 bits per heavy atom. The lowest BCUT2D eigenvalue weighted by molar-refractivity contribution is -0.115. The quantitative estimate of drug-likeness (QED) is 0.558. The maximum Gasteiger partial charge on any atom is 0.238 e. The maximum atomic E-state index is 11.5. The zero-order valence-electron chi connectivity index (χ0n) is 10.0. The fourth-order valence-corrected chi connectivity index (χ4v) is 1.29. The van der Waals surface area contributed by atoms with Crippen LogP contribution in [0.15, 0.2) is 36.9 Å². The molecule has 0 fully saturated rings. The van der Waals surface area contributed by atoms with Gasteiger partial charge in [-0.2, -0.15) is 0 Å². The summed E-state index contributed by atoms with van der Waals surface area (Å²) < 4.78 is 5.03. The van der Waals surface area contributed by atoms with Gasteiger partial charge in [-0.05, 0) is 37.2 Å². The molecular formula is C13H18N2O2. The minimum atomic E-state index is -0.0563. The number of hydrogen-bond acceptors (Lipinski definition) is 3. The zero-order chi connectivity index (χ0) is 12.5. The number of methoxy groups -OCH3 is 1. The third-order valence-electron chi connectivity index (χ3n) is 2.18. The molecule has 1 rings (SSSR count).